The van der Waals surface area contributed by atoms with E-state index in [4.69, 9.17) is 0 Å². The second-order valence-corrected chi connectivity index (χ2v) is 4.24. The maximum atomic E-state index is 4.63. The van der Waals surface area contributed by atoms with E-state index < -0.39 is 0 Å². The van der Waals surface area contributed by atoms with Crippen molar-refractivity contribution in [3.05, 3.63) is 60.0 Å². The summed E-state index contributed by atoms with van der Waals surface area (Å²) in [5, 5.41) is 0. The standard InChI is InChI=1S/C15H14N2/c1-11-7-3-2-4-8-12(11)15-16-13-9-5-6-10-14(13)17-15/h3-10H,2H2,1H3,(H,16,17). The van der Waals surface area contributed by atoms with Gasteiger partial charge in [0.15, 0.2) is 0 Å². The van der Waals surface area contributed by atoms with E-state index in [-0.39, 0.29) is 0 Å². The minimum Gasteiger partial charge on any atom is -0.338 e. The van der Waals surface area contributed by atoms with Crippen molar-refractivity contribution in [2.75, 3.05) is 0 Å². The molecule has 0 amide bonds. The van der Waals surface area contributed by atoms with Gasteiger partial charge in [0.2, 0.25) is 0 Å². The van der Waals surface area contributed by atoms with Gasteiger partial charge in [-0.2, -0.15) is 0 Å². The van der Waals surface area contributed by atoms with E-state index in [0.717, 1.165) is 23.3 Å². The highest BCUT2D eigenvalue weighted by atomic mass is 14.9. The summed E-state index contributed by atoms with van der Waals surface area (Å²) in [6.45, 7) is 2.12. The van der Waals surface area contributed by atoms with Crippen LogP contribution in [0.4, 0.5) is 0 Å². The Morgan fingerprint density at radius 3 is 2.82 bits per heavy atom. The third-order valence-corrected chi connectivity index (χ3v) is 2.99. The first-order chi connectivity index (χ1) is 8.34. The molecular formula is C15H14N2. The van der Waals surface area contributed by atoms with Gasteiger partial charge in [-0.1, -0.05) is 36.4 Å². The SMILES string of the molecule is CC1=C(c2nc3ccccc3[nH]2)C=CCC=C1. The molecule has 3 rings (SSSR count). The minimum absolute atomic E-state index is 0.950. The van der Waals surface area contributed by atoms with Crippen LogP contribution in [0.2, 0.25) is 0 Å². The van der Waals surface area contributed by atoms with E-state index in [1.807, 2.05) is 18.2 Å². The maximum absolute atomic E-state index is 4.63. The lowest BCUT2D eigenvalue weighted by Gasteiger charge is -1.99. The number of hydrogen-bond acceptors (Lipinski definition) is 1. The molecule has 2 aromatic rings. The average molecular weight is 222 g/mol. The van der Waals surface area contributed by atoms with E-state index in [2.05, 4.69) is 47.3 Å². The monoisotopic (exact) mass is 222 g/mol. The Kier molecular flexibility index (Phi) is 2.41. The van der Waals surface area contributed by atoms with Crippen molar-refractivity contribution in [3.63, 3.8) is 0 Å². The number of aromatic nitrogens is 2. The van der Waals surface area contributed by atoms with E-state index in [9.17, 15) is 0 Å². The molecule has 0 atom stereocenters. The van der Waals surface area contributed by atoms with Gasteiger partial charge in [-0.15, -0.1) is 0 Å². The predicted octanol–water partition coefficient (Wildman–Crippen LogP) is 3.85. The van der Waals surface area contributed by atoms with E-state index in [1.54, 1.807) is 0 Å². The zero-order chi connectivity index (χ0) is 11.7. The van der Waals surface area contributed by atoms with Gasteiger partial charge in [-0.25, -0.2) is 4.98 Å². The Morgan fingerprint density at radius 2 is 1.94 bits per heavy atom. The zero-order valence-corrected chi connectivity index (χ0v) is 9.77. The molecule has 0 saturated heterocycles. The number of allylic oxidation sites excluding steroid dienone is 6. The molecule has 2 nitrogen and oxygen atoms in total. The number of hydrogen-bond donors (Lipinski definition) is 1. The maximum Gasteiger partial charge on any atom is 0.138 e. The Labute approximate surface area is 100 Å². The normalized spacial score (nSPS) is 15.6. The Balaban J connectivity index is 2.17. The smallest absolute Gasteiger partial charge is 0.138 e. The third kappa shape index (κ3) is 1.82. The molecular weight excluding hydrogens is 208 g/mol. The molecule has 0 fully saturated rings. The third-order valence-electron chi connectivity index (χ3n) is 2.99. The molecule has 84 valence electrons. The number of aromatic amines is 1. The Morgan fingerprint density at radius 1 is 1.12 bits per heavy atom. The van der Waals surface area contributed by atoms with Crippen LogP contribution in [0.5, 0.6) is 0 Å². The Bertz CT molecular complexity index is 609. The summed E-state index contributed by atoms with van der Waals surface area (Å²) in [4.78, 5) is 8.00. The molecule has 17 heavy (non-hydrogen) atoms. The summed E-state index contributed by atoms with van der Waals surface area (Å²) in [5.41, 5.74) is 4.53. The van der Waals surface area contributed by atoms with Crippen molar-refractivity contribution in [3.8, 4) is 0 Å². The number of nitrogens with one attached hydrogen (secondary N) is 1. The van der Waals surface area contributed by atoms with Crippen molar-refractivity contribution in [1.29, 1.82) is 0 Å². The molecule has 0 bridgehead atoms. The van der Waals surface area contributed by atoms with Crippen LogP contribution in [0, 0.1) is 0 Å². The predicted molar refractivity (Wildman–Crippen MR) is 71.6 cm³/mol. The van der Waals surface area contributed by atoms with Crippen molar-refractivity contribution in [1.82, 2.24) is 9.97 Å². The lowest BCUT2D eigenvalue weighted by atomic mass is 10.1. The first kappa shape index (κ1) is 10.1. The van der Waals surface area contributed by atoms with Gasteiger partial charge in [-0.3, -0.25) is 0 Å². The molecule has 1 N–H and O–H groups in total. The summed E-state index contributed by atoms with van der Waals surface area (Å²) < 4.78 is 0. The number of fused-ring (bicyclic) bond motifs is 1. The highest BCUT2D eigenvalue weighted by molar-refractivity contribution is 5.82. The zero-order valence-electron chi connectivity index (χ0n) is 9.77. The number of para-hydroxylation sites is 2. The van der Waals surface area contributed by atoms with Crippen LogP contribution in [0.25, 0.3) is 16.6 Å². The largest absolute Gasteiger partial charge is 0.338 e. The fourth-order valence-electron chi connectivity index (χ4n) is 2.08. The van der Waals surface area contributed by atoms with Crippen LogP contribution in [0.15, 0.2) is 54.1 Å². The minimum atomic E-state index is 0.950. The van der Waals surface area contributed by atoms with Crippen LogP contribution in [-0.4, -0.2) is 9.97 Å². The van der Waals surface area contributed by atoms with Crippen molar-refractivity contribution in [2.24, 2.45) is 0 Å². The number of imidazole rings is 1. The highest BCUT2D eigenvalue weighted by Gasteiger charge is 2.08. The second-order valence-electron chi connectivity index (χ2n) is 4.24. The summed E-state index contributed by atoms with van der Waals surface area (Å²) in [6.07, 6.45) is 9.62. The van der Waals surface area contributed by atoms with Crippen LogP contribution >= 0.6 is 0 Å². The summed E-state index contributed by atoms with van der Waals surface area (Å²) in [7, 11) is 0. The average Bonchev–Trinajstić information content (AvgIpc) is 2.65. The molecule has 1 aromatic heterocycles. The molecule has 0 aliphatic heterocycles. The molecule has 0 radical (unpaired) electrons. The quantitative estimate of drug-likeness (QED) is 0.780. The number of nitrogens with zero attached hydrogens (tertiary/aromatic N) is 1. The highest BCUT2D eigenvalue weighted by Crippen LogP contribution is 2.23. The number of H-pyrrole nitrogens is 1. The number of rotatable bonds is 1. The van der Waals surface area contributed by atoms with Crippen LogP contribution in [0.1, 0.15) is 19.2 Å². The van der Waals surface area contributed by atoms with E-state index in [0.29, 0.717) is 0 Å². The first-order valence-electron chi connectivity index (χ1n) is 5.84. The topological polar surface area (TPSA) is 28.7 Å². The molecule has 1 aromatic carbocycles. The fourth-order valence-corrected chi connectivity index (χ4v) is 2.08. The van der Waals surface area contributed by atoms with E-state index in [1.165, 1.54) is 11.1 Å². The molecule has 0 unspecified atom stereocenters. The Hall–Kier alpha value is -2.09. The molecule has 1 aliphatic carbocycles. The fraction of sp³-hybridized carbons (Fsp3) is 0.133. The lowest BCUT2D eigenvalue weighted by molar-refractivity contribution is 1.26. The summed E-state index contributed by atoms with van der Waals surface area (Å²) >= 11 is 0. The van der Waals surface area contributed by atoms with Crippen LogP contribution in [0.3, 0.4) is 0 Å². The van der Waals surface area contributed by atoms with Gasteiger partial charge in [0.1, 0.15) is 5.82 Å². The summed E-state index contributed by atoms with van der Waals surface area (Å²) in [6, 6.07) is 8.12. The van der Waals surface area contributed by atoms with Gasteiger partial charge in [0, 0.05) is 5.57 Å². The van der Waals surface area contributed by atoms with Gasteiger partial charge < -0.3 is 4.98 Å². The van der Waals surface area contributed by atoms with Crippen molar-refractivity contribution >= 4 is 16.6 Å². The molecule has 0 spiro atoms. The number of benzene rings is 1. The van der Waals surface area contributed by atoms with Gasteiger partial charge in [-0.05, 0) is 31.1 Å². The molecule has 1 heterocycles. The lowest BCUT2D eigenvalue weighted by Crippen LogP contribution is -1.86. The van der Waals surface area contributed by atoms with Gasteiger partial charge in [0.05, 0.1) is 11.0 Å². The van der Waals surface area contributed by atoms with Crippen LogP contribution in [-0.2, 0) is 0 Å². The van der Waals surface area contributed by atoms with Gasteiger partial charge >= 0.3 is 0 Å². The van der Waals surface area contributed by atoms with Crippen LogP contribution < -0.4 is 0 Å². The van der Waals surface area contributed by atoms with E-state index >= 15 is 0 Å². The van der Waals surface area contributed by atoms with Gasteiger partial charge in [0.25, 0.3) is 0 Å². The molecule has 0 saturated carbocycles. The summed E-state index contributed by atoms with van der Waals surface area (Å²) in [5.74, 6) is 0.950. The first-order valence-corrected chi connectivity index (χ1v) is 5.84. The second kappa shape index (κ2) is 4.06. The molecule has 2 heteroatoms. The van der Waals surface area contributed by atoms with Crippen molar-refractivity contribution in [2.45, 2.75) is 13.3 Å². The molecule has 1 aliphatic rings. The van der Waals surface area contributed by atoms with Crippen molar-refractivity contribution < 1.29 is 0 Å².